The first-order chi connectivity index (χ1) is 8.79. The molecule has 3 heteroatoms. The fourth-order valence-electron chi connectivity index (χ4n) is 1.71. The molecule has 2 aromatic carbocycles. The van der Waals surface area contributed by atoms with E-state index in [0.717, 1.165) is 11.1 Å². The van der Waals surface area contributed by atoms with E-state index in [0.29, 0.717) is 18.9 Å². The summed E-state index contributed by atoms with van der Waals surface area (Å²) in [5.41, 5.74) is 1.93. The third-order valence-corrected chi connectivity index (χ3v) is 2.61. The maximum Gasteiger partial charge on any atom is 0.165 e. The molecule has 0 aliphatic heterocycles. The van der Waals surface area contributed by atoms with Crippen molar-refractivity contribution in [2.75, 3.05) is 7.05 Å². The summed E-state index contributed by atoms with van der Waals surface area (Å²) in [5, 5.41) is 2.98. The fraction of sp³-hybridized carbons (Fsp3) is 0.200. The Morgan fingerprint density at radius 3 is 2.50 bits per heavy atom. The van der Waals surface area contributed by atoms with Gasteiger partial charge in [-0.05, 0) is 30.3 Å². The van der Waals surface area contributed by atoms with Crippen LogP contribution < -0.4 is 10.1 Å². The standard InChI is InChI=1S/C15H16FNO/c1-17-10-13-7-8-15(14(16)9-13)18-11-12-5-3-2-4-6-12/h2-9,17H,10-11H2,1H3. The molecule has 94 valence electrons. The van der Waals surface area contributed by atoms with E-state index in [1.807, 2.05) is 43.4 Å². The first-order valence-corrected chi connectivity index (χ1v) is 5.89. The Labute approximate surface area is 106 Å². The van der Waals surface area contributed by atoms with Gasteiger partial charge in [0.1, 0.15) is 6.61 Å². The van der Waals surface area contributed by atoms with Gasteiger partial charge < -0.3 is 10.1 Å². The van der Waals surface area contributed by atoms with Gasteiger partial charge in [0.05, 0.1) is 0 Å². The number of ether oxygens (including phenoxy) is 1. The zero-order chi connectivity index (χ0) is 12.8. The second kappa shape index (κ2) is 6.17. The van der Waals surface area contributed by atoms with Crippen LogP contribution in [-0.2, 0) is 13.2 Å². The van der Waals surface area contributed by atoms with Gasteiger partial charge in [-0.2, -0.15) is 0 Å². The maximum absolute atomic E-state index is 13.7. The predicted octanol–water partition coefficient (Wildman–Crippen LogP) is 3.12. The van der Waals surface area contributed by atoms with Crippen LogP contribution in [-0.4, -0.2) is 7.05 Å². The van der Waals surface area contributed by atoms with Crippen molar-refractivity contribution >= 4 is 0 Å². The summed E-state index contributed by atoms with van der Waals surface area (Å²) in [5.74, 6) is -0.0302. The van der Waals surface area contributed by atoms with Crippen LogP contribution >= 0.6 is 0 Å². The highest BCUT2D eigenvalue weighted by atomic mass is 19.1. The molecule has 0 unspecified atom stereocenters. The van der Waals surface area contributed by atoms with Crippen LogP contribution in [0.1, 0.15) is 11.1 Å². The second-order valence-corrected chi connectivity index (χ2v) is 4.07. The van der Waals surface area contributed by atoms with E-state index in [-0.39, 0.29) is 5.82 Å². The van der Waals surface area contributed by atoms with Gasteiger partial charge in [-0.1, -0.05) is 36.4 Å². The lowest BCUT2D eigenvalue weighted by atomic mass is 10.2. The van der Waals surface area contributed by atoms with Crippen LogP contribution in [0.25, 0.3) is 0 Å². The Balaban J connectivity index is 2.01. The molecule has 0 aliphatic rings. The number of halogens is 1. The number of hydrogen-bond donors (Lipinski definition) is 1. The number of hydrogen-bond acceptors (Lipinski definition) is 2. The van der Waals surface area contributed by atoms with E-state index >= 15 is 0 Å². The Hall–Kier alpha value is -1.87. The molecule has 0 spiro atoms. The summed E-state index contributed by atoms with van der Waals surface area (Å²) in [6.45, 7) is 1.03. The lowest BCUT2D eigenvalue weighted by Crippen LogP contribution is -2.05. The van der Waals surface area contributed by atoms with Crippen LogP contribution in [0.4, 0.5) is 4.39 Å². The summed E-state index contributed by atoms with van der Waals surface area (Å²) in [4.78, 5) is 0. The van der Waals surface area contributed by atoms with E-state index in [4.69, 9.17) is 4.74 Å². The molecular formula is C15H16FNO. The van der Waals surface area contributed by atoms with Gasteiger partial charge in [-0.25, -0.2) is 4.39 Å². The van der Waals surface area contributed by atoms with Crippen molar-refractivity contribution in [1.29, 1.82) is 0 Å². The van der Waals surface area contributed by atoms with Crippen LogP contribution in [0.3, 0.4) is 0 Å². The van der Waals surface area contributed by atoms with Gasteiger partial charge in [0.25, 0.3) is 0 Å². The average molecular weight is 245 g/mol. The molecule has 2 aromatic rings. The van der Waals surface area contributed by atoms with Crippen LogP contribution in [0, 0.1) is 5.82 Å². The van der Waals surface area contributed by atoms with Gasteiger partial charge in [-0.15, -0.1) is 0 Å². The van der Waals surface area contributed by atoms with Crippen LogP contribution in [0.15, 0.2) is 48.5 Å². The fourth-order valence-corrected chi connectivity index (χ4v) is 1.71. The van der Waals surface area contributed by atoms with E-state index in [1.165, 1.54) is 6.07 Å². The molecule has 0 fully saturated rings. The highest BCUT2D eigenvalue weighted by Gasteiger charge is 2.04. The smallest absolute Gasteiger partial charge is 0.165 e. The normalized spacial score (nSPS) is 10.3. The molecule has 0 heterocycles. The third kappa shape index (κ3) is 3.31. The zero-order valence-corrected chi connectivity index (χ0v) is 10.3. The van der Waals surface area contributed by atoms with Gasteiger partial charge in [0, 0.05) is 6.54 Å². The summed E-state index contributed by atoms with van der Waals surface area (Å²) in [7, 11) is 1.83. The average Bonchev–Trinajstić information content (AvgIpc) is 2.39. The minimum absolute atomic E-state index is 0.290. The van der Waals surface area contributed by atoms with Crippen LogP contribution in [0.5, 0.6) is 5.75 Å². The third-order valence-electron chi connectivity index (χ3n) is 2.61. The van der Waals surface area contributed by atoms with Crippen molar-refractivity contribution in [1.82, 2.24) is 5.32 Å². The Kier molecular flexibility index (Phi) is 4.31. The minimum Gasteiger partial charge on any atom is -0.486 e. The highest BCUT2D eigenvalue weighted by Crippen LogP contribution is 2.19. The van der Waals surface area contributed by atoms with Crippen molar-refractivity contribution < 1.29 is 9.13 Å². The summed E-state index contributed by atoms with van der Waals surface area (Å²) in [6, 6.07) is 14.7. The van der Waals surface area contributed by atoms with Crippen molar-refractivity contribution in [3.63, 3.8) is 0 Å². The first kappa shape index (κ1) is 12.6. The lowest BCUT2D eigenvalue weighted by molar-refractivity contribution is 0.290. The topological polar surface area (TPSA) is 21.3 Å². The molecule has 2 rings (SSSR count). The molecule has 1 N–H and O–H groups in total. The number of benzene rings is 2. The van der Waals surface area contributed by atoms with E-state index < -0.39 is 0 Å². The molecule has 0 saturated heterocycles. The van der Waals surface area contributed by atoms with Gasteiger partial charge in [0.15, 0.2) is 11.6 Å². The zero-order valence-electron chi connectivity index (χ0n) is 10.3. The molecule has 0 bridgehead atoms. The molecule has 2 nitrogen and oxygen atoms in total. The summed E-state index contributed by atoms with van der Waals surface area (Å²) >= 11 is 0. The summed E-state index contributed by atoms with van der Waals surface area (Å²) < 4.78 is 19.2. The molecule has 0 amide bonds. The van der Waals surface area contributed by atoms with Crippen molar-refractivity contribution in [3.05, 3.63) is 65.5 Å². The molecule has 18 heavy (non-hydrogen) atoms. The van der Waals surface area contributed by atoms with E-state index in [2.05, 4.69) is 5.32 Å². The predicted molar refractivity (Wildman–Crippen MR) is 69.9 cm³/mol. The SMILES string of the molecule is CNCc1ccc(OCc2ccccc2)c(F)c1. The molecule has 0 aliphatic carbocycles. The molecule has 0 aromatic heterocycles. The first-order valence-electron chi connectivity index (χ1n) is 5.89. The quantitative estimate of drug-likeness (QED) is 0.873. The molecule has 0 radical (unpaired) electrons. The number of rotatable bonds is 5. The molecule has 0 atom stereocenters. The molecular weight excluding hydrogens is 229 g/mol. The second-order valence-electron chi connectivity index (χ2n) is 4.07. The summed E-state index contributed by atoms with van der Waals surface area (Å²) in [6.07, 6.45) is 0. The van der Waals surface area contributed by atoms with Crippen LogP contribution in [0.2, 0.25) is 0 Å². The van der Waals surface area contributed by atoms with Gasteiger partial charge in [-0.3, -0.25) is 0 Å². The Bertz CT molecular complexity index is 499. The van der Waals surface area contributed by atoms with E-state index in [9.17, 15) is 4.39 Å². The monoisotopic (exact) mass is 245 g/mol. The van der Waals surface area contributed by atoms with Gasteiger partial charge >= 0.3 is 0 Å². The van der Waals surface area contributed by atoms with E-state index in [1.54, 1.807) is 6.07 Å². The Morgan fingerprint density at radius 1 is 1.06 bits per heavy atom. The minimum atomic E-state index is -0.321. The number of nitrogens with one attached hydrogen (secondary N) is 1. The lowest BCUT2D eigenvalue weighted by Gasteiger charge is -2.08. The highest BCUT2D eigenvalue weighted by molar-refractivity contribution is 5.29. The maximum atomic E-state index is 13.7. The van der Waals surface area contributed by atoms with Crippen molar-refractivity contribution in [2.24, 2.45) is 0 Å². The van der Waals surface area contributed by atoms with Crippen molar-refractivity contribution in [3.8, 4) is 5.75 Å². The Morgan fingerprint density at radius 2 is 1.83 bits per heavy atom. The van der Waals surface area contributed by atoms with Gasteiger partial charge in [0.2, 0.25) is 0 Å². The largest absolute Gasteiger partial charge is 0.486 e. The van der Waals surface area contributed by atoms with Crippen molar-refractivity contribution in [2.45, 2.75) is 13.2 Å². The molecule has 0 saturated carbocycles.